The van der Waals surface area contributed by atoms with Crippen molar-refractivity contribution >= 4 is 17.7 Å². The summed E-state index contributed by atoms with van der Waals surface area (Å²) in [5.41, 5.74) is 3.61. The van der Waals surface area contributed by atoms with Gasteiger partial charge in [0.1, 0.15) is 12.4 Å². The van der Waals surface area contributed by atoms with Gasteiger partial charge in [0, 0.05) is 12.2 Å². The lowest BCUT2D eigenvalue weighted by Gasteiger charge is -2.15. The molecule has 0 spiro atoms. The monoisotopic (exact) mass is 340 g/mol. The first-order chi connectivity index (χ1) is 12.0. The fourth-order valence-electron chi connectivity index (χ4n) is 2.42. The van der Waals surface area contributed by atoms with Crippen LogP contribution in [0.1, 0.15) is 23.6 Å². The maximum Gasteiger partial charge on any atom is 0.326 e. The number of rotatable bonds is 5. The van der Waals surface area contributed by atoms with E-state index in [1.165, 1.54) is 0 Å². The van der Waals surface area contributed by atoms with E-state index in [9.17, 15) is 4.79 Å². The van der Waals surface area contributed by atoms with Gasteiger partial charge in [-0.05, 0) is 49.6 Å². The van der Waals surface area contributed by atoms with Crippen molar-refractivity contribution in [3.63, 3.8) is 0 Å². The summed E-state index contributed by atoms with van der Waals surface area (Å²) in [6.45, 7) is 6.75. The highest BCUT2D eigenvalue weighted by Crippen LogP contribution is 2.26. The number of aryl methyl sites for hydroxylation is 2. The predicted molar refractivity (Wildman–Crippen MR) is 100 cm³/mol. The summed E-state index contributed by atoms with van der Waals surface area (Å²) < 4.78 is 5.84. The molecule has 0 aliphatic heterocycles. The average Bonchev–Trinajstić information content (AvgIpc) is 2.57. The van der Waals surface area contributed by atoms with Crippen molar-refractivity contribution in [2.24, 2.45) is 0 Å². The smallest absolute Gasteiger partial charge is 0.326 e. The molecule has 0 aliphatic rings. The van der Waals surface area contributed by atoms with Crippen LogP contribution in [-0.2, 0) is 6.61 Å². The summed E-state index contributed by atoms with van der Waals surface area (Å²) >= 11 is 0. The number of ether oxygens (including phenoxy) is 1. The molecule has 0 aliphatic carbocycles. The molecule has 0 unspecified atom stereocenters. The molecule has 6 heteroatoms. The Hall–Kier alpha value is -3.02. The third-order valence-electron chi connectivity index (χ3n) is 3.59. The van der Waals surface area contributed by atoms with Gasteiger partial charge in [-0.15, -0.1) is 0 Å². The summed E-state index contributed by atoms with van der Waals surface area (Å²) in [6.07, 6.45) is 0. The maximum absolute atomic E-state index is 12.0. The fourth-order valence-corrected chi connectivity index (χ4v) is 2.42. The Bertz CT molecular complexity index is 721. The van der Waals surface area contributed by atoms with Crippen LogP contribution in [-0.4, -0.2) is 18.5 Å². The zero-order valence-electron chi connectivity index (χ0n) is 14.8. The van der Waals surface area contributed by atoms with Gasteiger partial charge in [-0.2, -0.15) is 0 Å². The van der Waals surface area contributed by atoms with Crippen LogP contribution in [0.4, 0.5) is 10.5 Å². The Morgan fingerprint density at radius 3 is 2.36 bits per heavy atom. The van der Waals surface area contributed by atoms with E-state index >= 15 is 0 Å². The molecule has 2 rings (SSSR count). The molecule has 2 aromatic carbocycles. The number of hydrogen-bond acceptors (Lipinski definition) is 3. The minimum Gasteiger partial charge on any atom is -0.489 e. The van der Waals surface area contributed by atoms with Gasteiger partial charge in [0.15, 0.2) is 5.96 Å². The normalized spacial score (nSPS) is 10.0. The number of carbonyl (C=O) groups excluding carboxylic acids is 1. The molecule has 0 aromatic heterocycles. The molecule has 0 heterocycles. The lowest BCUT2D eigenvalue weighted by atomic mass is 10.1. The van der Waals surface area contributed by atoms with Gasteiger partial charge < -0.3 is 15.4 Å². The molecule has 4 N–H and O–H groups in total. The summed E-state index contributed by atoms with van der Waals surface area (Å²) in [5, 5.41) is 15.5. The summed E-state index contributed by atoms with van der Waals surface area (Å²) in [6, 6.07) is 13.3. The minimum absolute atomic E-state index is 0.0295. The largest absolute Gasteiger partial charge is 0.489 e. The number of carbonyl (C=O) groups is 1. The van der Waals surface area contributed by atoms with Crippen LogP contribution < -0.4 is 20.7 Å². The summed E-state index contributed by atoms with van der Waals surface area (Å²) in [4.78, 5) is 12.0. The number of anilines is 1. The van der Waals surface area contributed by atoms with Crippen molar-refractivity contribution in [3.05, 3.63) is 59.2 Å². The number of amides is 2. The van der Waals surface area contributed by atoms with Crippen LogP contribution in [0.2, 0.25) is 0 Å². The maximum atomic E-state index is 12.0. The van der Waals surface area contributed by atoms with Crippen molar-refractivity contribution in [1.29, 1.82) is 5.41 Å². The summed E-state index contributed by atoms with van der Waals surface area (Å²) in [7, 11) is 0. The molecule has 25 heavy (non-hydrogen) atoms. The van der Waals surface area contributed by atoms with E-state index in [0.717, 1.165) is 22.4 Å². The molecule has 0 saturated heterocycles. The van der Waals surface area contributed by atoms with Crippen LogP contribution >= 0.6 is 0 Å². The number of urea groups is 1. The molecular weight excluding hydrogens is 316 g/mol. The van der Waals surface area contributed by atoms with Gasteiger partial charge in [0.05, 0.1) is 0 Å². The van der Waals surface area contributed by atoms with Crippen LogP contribution in [0.5, 0.6) is 5.75 Å². The first kappa shape index (κ1) is 18.3. The third-order valence-corrected chi connectivity index (χ3v) is 3.59. The molecule has 0 fully saturated rings. The third kappa shape index (κ3) is 5.53. The topological polar surface area (TPSA) is 86.2 Å². The Balaban J connectivity index is 2.01. The Labute approximate surface area is 148 Å². The second-order valence-corrected chi connectivity index (χ2v) is 5.69. The Morgan fingerprint density at radius 2 is 1.76 bits per heavy atom. The average molecular weight is 340 g/mol. The van der Waals surface area contributed by atoms with E-state index in [4.69, 9.17) is 10.1 Å². The van der Waals surface area contributed by atoms with E-state index in [1.807, 2.05) is 63.2 Å². The van der Waals surface area contributed by atoms with Crippen molar-refractivity contribution < 1.29 is 9.53 Å². The lowest BCUT2D eigenvalue weighted by Crippen LogP contribution is -2.42. The molecule has 132 valence electrons. The van der Waals surface area contributed by atoms with E-state index in [0.29, 0.717) is 18.8 Å². The first-order valence-corrected chi connectivity index (χ1v) is 8.18. The molecule has 0 bridgehead atoms. The van der Waals surface area contributed by atoms with Crippen LogP contribution in [0.15, 0.2) is 42.5 Å². The van der Waals surface area contributed by atoms with Crippen LogP contribution in [0.25, 0.3) is 0 Å². The van der Waals surface area contributed by atoms with Gasteiger partial charge in [0.2, 0.25) is 0 Å². The minimum atomic E-state index is -0.449. The highest BCUT2D eigenvalue weighted by molar-refractivity contribution is 6.02. The van der Waals surface area contributed by atoms with Gasteiger partial charge >= 0.3 is 6.03 Å². The number of nitrogens with one attached hydrogen (secondary N) is 4. The quantitative estimate of drug-likeness (QED) is 0.496. The van der Waals surface area contributed by atoms with E-state index in [-0.39, 0.29) is 5.96 Å². The fraction of sp³-hybridized carbons (Fsp3) is 0.263. The van der Waals surface area contributed by atoms with Crippen molar-refractivity contribution in [3.8, 4) is 5.75 Å². The van der Waals surface area contributed by atoms with Crippen molar-refractivity contribution in [2.75, 3.05) is 11.9 Å². The van der Waals surface area contributed by atoms with Gasteiger partial charge in [0.25, 0.3) is 0 Å². The first-order valence-electron chi connectivity index (χ1n) is 8.18. The van der Waals surface area contributed by atoms with Gasteiger partial charge in [-0.25, -0.2) is 4.79 Å². The van der Waals surface area contributed by atoms with Crippen molar-refractivity contribution in [2.45, 2.75) is 27.4 Å². The molecular formula is C19H24N4O2. The van der Waals surface area contributed by atoms with Gasteiger partial charge in [-0.3, -0.25) is 10.7 Å². The number of guanidine groups is 1. The molecule has 2 amide bonds. The lowest BCUT2D eigenvalue weighted by molar-refractivity contribution is 0.255. The summed E-state index contributed by atoms with van der Waals surface area (Å²) in [5.74, 6) is 0.725. The number of hydrogen-bond donors (Lipinski definition) is 4. The predicted octanol–water partition coefficient (Wildman–Crippen LogP) is 3.55. The SMILES string of the molecule is CCNC(=N)NC(=O)Nc1c(C)cc(OCc2ccccc2)cc1C. The molecule has 0 atom stereocenters. The van der Waals surface area contributed by atoms with Gasteiger partial charge in [-0.1, -0.05) is 30.3 Å². The zero-order chi connectivity index (χ0) is 18.2. The van der Waals surface area contributed by atoms with E-state index < -0.39 is 6.03 Å². The second-order valence-electron chi connectivity index (χ2n) is 5.69. The Morgan fingerprint density at radius 1 is 1.12 bits per heavy atom. The standard InChI is InChI=1S/C19H24N4O2/c1-4-21-18(20)23-19(24)22-17-13(2)10-16(11-14(17)3)25-12-15-8-6-5-7-9-15/h5-11H,4,12H2,1-3H3,(H4,20,21,22,23,24). The molecule has 6 nitrogen and oxygen atoms in total. The van der Waals surface area contributed by atoms with E-state index in [2.05, 4.69) is 16.0 Å². The molecule has 0 saturated carbocycles. The highest BCUT2D eigenvalue weighted by atomic mass is 16.5. The van der Waals surface area contributed by atoms with Crippen LogP contribution in [0, 0.1) is 19.3 Å². The van der Waals surface area contributed by atoms with E-state index in [1.54, 1.807) is 0 Å². The van der Waals surface area contributed by atoms with Crippen LogP contribution in [0.3, 0.4) is 0 Å². The van der Waals surface area contributed by atoms with Crippen molar-refractivity contribution in [1.82, 2.24) is 10.6 Å². The highest BCUT2D eigenvalue weighted by Gasteiger charge is 2.10. The zero-order valence-corrected chi connectivity index (χ0v) is 14.8. The number of benzene rings is 2. The Kier molecular flexibility index (Phi) is 6.39. The second kappa shape index (κ2) is 8.73. The molecule has 2 aromatic rings. The molecule has 0 radical (unpaired) electrons.